The van der Waals surface area contributed by atoms with Crippen LogP contribution in [-0.4, -0.2) is 9.97 Å². The van der Waals surface area contributed by atoms with Gasteiger partial charge in [0.05, 0.1) is 26.1 Å². The van der Waals surface area contributed by atoms with Crippen molar-refractivity contribution in [1.82, 2.24) is 9.97 Å². The van der Waals surface area contributed by atoms with Crippen LogP contribution in [0.4, 0.5) is 11.5 Å². The Balaban J connectivity index is 1.85. The molecule has 4 rings (SSSR count). The molecule has 0 amide bonds. The van der Waals surface area contributed by atoms with E-state index < -0.39 is 0 Å². The molecule has 0 saturated carbocycles. The van der Waals surface area contributed by atoms with E-state index in [-0.39, 0.29) is 0 Å². The molecule has 0 spiro atoms. The number of nitrogens with zero attached hydrogens (tertiary/aromatic N) is 2. The SMILES string of the molecule is Clc1ccc(-c2csc3ncnc(Nc4cc(Cl)c(Cl)cc4Cl)c23)cc1. The highest BCUT2D eigenvalue weighted by Gasteiger charge is 2.15. The second-order valence-electron chi connectivity index (χ2n) is 5.43. The predicted molar refractivity (Wildman–Crippen MR) is 113 cm³/mol. The molecule has 0 aliphatic heterocycles. The zero-order chi connectivity index (χ0) is 18.3. The molecule has 0 unspecified atom stereocenters. The van der Waals surface area contributed by atoms with E-state index in [1.165, 1.54) is 6.33 Å². The molecule has 3 nitrogen and oxygen atoms in total. The van der Waals surface area contributed by atoms with E-state index in [1.54, 1.807) is 23.5 Å². The van der Waals surface area contributed by atoms with Crippen LogP contribution < -0.4 is 5.32 Å². The van der Waals surface area contributed by atoms with Crippen molar-refractivity contribution in [3.63, 3.8) is 0 Å². The average Bonchev–Trinajstić information content (AvgIpc) is 3.05. The third kappa shape index (κ3) is 3.36. The molecule has 0 saturated heterocycles. The van der Waals surface area contributed by atoms with Crippen LogP contribution in [0.3, 0.4) is 0 Å². The number of rotatable bonds is 3. The largest absolute Gasteiger partial charge is 0.338 e. The molecule has 1 N–H and O–H groups in total. The second-order valence-corrected chi connectivity index (χ2v) is 7.95. The first kappa shape index (κ1) is 17.8. The molecule has 0 radical (unpaired) electrons. The Hall–Kier alpha value is -1.56. The Morgan fingerprint density at radius 3 is 2.35 bits per heavy atom. The van der Waals surface area contributed by atoms with Crippen molar-refractivity contribution < 1.29 is 0 Å². The van der Waals surface area contributed by atoms with Gasteiger partial charge in [-0.25, -0.2) is 9.97 Å². The van der Waals surface area contributed by atoms with Gasteiger partial charge in [-0.2, -0.15) is 0 Å². The van der Waals surface area contributed by atoms with Crippen LogP contribution >= 0.6 is 57.7 Å². The maximum Gasteiger partial charge on any atom is 0.143 e. The molecule has 2 aromatic carbocycles. The van der Waals surface area contributed by atoms with Gasteiger partial charge in [0.15, 0.2) is 0 Å². The van der Waals surface area contributed by atoms with Crippen molar-refractivity contribution in [3.8, 4) is 11.1 Å². The van der Waals surface area contributed by atoms with E-state index in [0.29, 0.717) is 31.6 Å². The van der Waals surface area contributed by atoms with E-state index in [9.17, 15) is 0 Å². The minimum atomic E-state index is 0.396. The lowest BCUT2D eigenvalue weighted by Crippen LogP contribution is -1.96. The van der Waals surface area contributed by atoms with E-state index >= 15 is 0 Å². The smallest absolute Gasteiger partial charge is 0.143 e. The van der Waals surface area contributed by atoms with Crippen molar-refractivity contribution in [1.29, 1.82) is 0 Å². The second kappa shape index (κ2) is 7.22. The third-order valence-electron chi connectivity index (χ3n) is 3.79. The van der Waals surface area contributed by atoms with Crippen LogP contribution in [0.5, 0.6) is 0 Å². The summed E-state index contributed by atoms with van der Waals surface area (Å²) in [6.07, 6.45) is 1.51. The van der Waals surface area contributed by atoms with Gasteiger partial charge >= 0.3 is 0 Å². The lowest BCUT2D eigenvalue weighted by molar-refractivity contribution is 1.23. The molecule has 0 fully saturated rings. The van der Waals surface area contributed by atoms with E-state index in [0.717, 1.165) is 21.3 Å². The quantitative estimate of drug-likeness (QED) is 0.331. The van der Waals surface area contributed by atoms with Crippen molar-refractivity contribution in [2.45, 2.75) is 0 Å². The van der Waals surface area contributed by atoms with E-state index in [4.69, 9.17) is 46.4 Å². The third-order valence-corrected chi connectivity index (χ3v) is 5.96. The Kier molecular flexibility index (Phi) is 4.95. The number of halogens is 4. The Bertz CT molecular complexity index is 1110. The monoisotopic (exact) mass is 439 g/mol. The van der Waals surface area contributed by atoms with Gasteiger partial charge in [-0.05, 0) is 29.8 Å². The number of aromatic nitrogens is 2. The molecule has 2 aromatic heterocycles. The van der Waals surface area contributed by atoms with Crippen molar-refractivity contribution in [2.75, 3.05) is 5.32 Å². The number of anilines is 2. The summed E-state index contributed by atoms with van der Waals surface area (Å²) < 4.78 is 0. The first-order valence-electron chi connectivity index (χ1n) is 7.42. The van der Waals surface area contributed by atoms with Crippen LogP contribution in [0.15, 0.2) is 48.1 Å². The lowest BCUT2D eigenvalue weighted by atomic mass is 10.1. The summed E-state index contributed by atoms with van der Waals surface area (Å²) in [5.41, 5.74) is 2.66. The average molecular weight is 441 g/mol. The summed E-state index contributed by atoms with van der Waals surface area (Å²) in [5.74, 6) is 0.640. The standard InChI is InChI=1S/C18H9Cl4N3S/c19-10-3-1-9(2-4-10)11-7-26-18-16(11)17(23-8-24-18)25-15-6-13(21)12(20)5-14(15)22/h1-8H,(H,23,24,25). The molecule has 26 heavy (non-hydrogen) atoms. The fourth-order valence-electron chi connectivity index (χ4n) is 2.56. The van der Waals surface area contributed by atoms with Crippen LogP contribution in [0.2, 0.25) is 20.1 Å². The lowest BCUT2D eigenvalue weighted by Gasteiger charge is -2.11. The van der Waals surface area contributed by atoms with Crippen LogP contribution in [0.25, 0.3) is 21.3 Å². The molecule has 8 heteroatoms. The highest BCUT2D eigenvalue weighted by atomic mass is 35.5. The fourth-order valence-corrected chi connectivity index (χ4v) is 4.19. The van der Waals surface area contributed by atoms with E-state index in [1.807, 2.05) is 29.6 Å². The van der Waals surface area contributed by atoms with Crippen LogP contribution in [0, 0.1) is 0 Å². The van der Waals surface area contributed by atoms with Crippen molar-refractivity contribution in [3.05, 3.63) is 68.2 Å². The van der Waals surface area contributed by atoms with Crippen molar-refractivity contribution >= 4 is 79.5 Å². The van der Waals surface area contributed by atoms with Gasteiger partial charge in [0.2, 0.25) is 0 Å². The summed E-state index contributed by atoms with van der Waals surface area (Å²) in [7, 11) is 0. The van der Waals surface area contributed by atoms with Crippen LogP contribution in [0.1, 0.15) is 0 Å². The van der Waals surface area contributed by atoms with Gasteiger partial charge in [0.1, 0.15) is 17.0 Å². The topological polar surface area (TPSA) is 37.8 Å². The highest BCUT2D eigenvalue weighted by Crippen LogP contribution is 2.39. The Labute approximate surface area is 173 Å². The van der Waals surface area contributed by atoms with Gasteiger partial charge in [-0.3, -0.25) is 0 Å². The molecule has 0 bridgehead atoms. The number of thiophene rings is 1. The summed E-state index contributed by atoms with van der Waals surface area (Å²) in [4.78, 5) is 9.62. The summed E-state index contributed by atoms with van der Waals surface area (Å²) >= 11 is 26.0. The number of benzene rings is 2. The zero-order valence-electron chi connectivity index (χ0n) is 12.9. The molecule has 130 valence electrons. The number of hydrogen-bond donors (Lipinski definition) is 1. The molecule has 0 aliphatic carbocycles. The maximum absolute atomic E-state index is 6.29. The zero-order valence-corrected chi connectivity index (χ0v) is 16.8. The van der Waals surface area contributed by atoms with Crippen LogP contribution in [-0.2, 0) is 0 Å². The van der Waals surface area contributed by atoms with Crippen molar-refractivity contribution in [2.24, 2.45) is 0 Å². The minimum Gasteiger partial charge on any atom is -0.338 e. The molecule has 2 heterocycles. The van der Waals surface area contributed by atoms with Gasteiger partial charge in [-0.15, -0.1) is 11.3 Å². The molecule has 0 aliphatic rings. The Morgan fingerprint density at radius 2 is 1.58 bits per heavy atom. The minimum absolute atomic E-state index is 0.396. The normalized spacial score (nSPS) is 11.1. The fraction of sp³-hybridized carbons (Fsp3) is 0. The molecular formula is C18H9Cl4N3S. The first-order valence-corrected chi connectivity index (χ1v) is 9.82. The van der Waals surface area contributed by atoms with Gasteiger partial charge in [0.25, 0.3) is 0 Å². The number of nitrogens with one attached hydrogen (secondary N) is 1. The molecule has 4 aromatic rings. The highest BCUT2D eigenvalue weighted by molar-refractivity contribution is 7.17. The Morgan fingerprint density at radius 1 is 0.846 bits per heavy atom. The summed E-state index contributed by atoms with van der Waals surface area (Å²) in [5, 5.41) is 8.14. The van der Waals surface area contributed by atoms with E-state index in [2.05, 4.69) is 15.3 Å². The first-order chi connectivity index (χ1) is 12.5. The summed E-state index contributed by atoms with van der Waals surface area (Å²) in [6.45, 7) is 0. The number of hydrogen-bond acceptors (Lipinski definition) is 4. The number of fused-ring (bicyclic) bond motifs is 1. The summed E-state index contributed by atoms with van der Waals surface area (Å²) in [6, 6.07) is 10.9. The van der Waals surface area contributed by atoms with Gasteiger partial charge in [0, 0.05) is 16.0 Å². The molecule has 0 atom stereocenters. The molecular weight excluding hydrogens is 432 g/mol. The van der Waals surface area contributed by atoms with Gasteiger partial charge in [-0.1, -0.05) is 58.5 Å². The predicted octanol–water partition coefficient (Wildman–Crippen LogP) is 7.72. The maximum atomic E-state index is 6.29. The van der Waals surface area contributed by atoms with Gasteiger partial charge < -0.3 is 5.32 Å².